The molecule has 3 heterocycles. The van der Waals surface area contributed by atoms with Crippen LogP contribution in [0.4, 0.5) is 0 Å². The standard InChI is InChI=1S/C20H17N5O/c1-3-7-14(8-4-1)18-22-21-17-12-11-16(13-25(17)18)20-24-23-19(26-20)15-9-5-2-6-10-15/h1-10,16H,11-13H2. The van der Waals surface area contributed by atoms with Crippen LogP contribution in [0.5, 0.6) is 0 Å². The lowest BCUT2D eigenvalue weighted by Gasteiger charge is -2.21. The fourth-order valence-electron chi connectivity index (χ4n) is 3.43. The average Bonchev–Trinajstić information content (AvgIpc) is 3.36. The molecule has 0 N–H and O–H groups in total. The summed E-state index contributed by atoms with van der Waals surface area (Å²) in [6, 6.07) is 20.0. The molecule has 1 aliphatic heterocycles. The zero-order chi connectivity index (χ0) is 17.3. The highest BCUT2D eigenvalue weighted by molar-refractivity contribution is 5.55. The Hall–Kier alpha value is -3.28. The minimum atomic E-state index is 0.172. The van der Waals surface area contributed by atoms with Gasteiger partial charge in [0.15, 0.2) is 5.82 Å². The van der Waals surface area contributed by atoms with Crippen LogP contribution in [-0.4, -0.2) is 25.0 Å². The van der Waals surface area contributed by atoms with Crippen LogP contribution >= 0.6 is 0 Å². The fourth-order valence-corrected chi connectivity index (χ4v) is 3.43. The van der Waals surface area contributed by atoms with Crippen molar-refractivity contribution in [3.05, 3.63) is 72.4 Å². The normalized spacial score (nSPS) is 16.4. The SMILES string of the molecule is c1ccc(-c2nnc(C3CCc4nnc(-c5ccccc5)n4C3)o2)cc1. The van der Waals surface area contributed by atoms with Crippen molar-refractivity contribution < 1.29 is 4.42 Å². The fraction of sp³-hybridized carbons (Fsp3) is 0.200. The molecule has 6 nitrogen and oxygen atoms in total. The molecule has 0 saturated carbocycles. The summed E-state index contributed by atoms with van der Waals surface area (Å²) in [6.45, 7) is 0.753. The van der Waals surface area contributed by atoms with Gasteiger partial charge in [-0.1, -0.05) is 48.5 Å². The molecule has 0 saturated heterocycles. The molecule has 1 unspecified atom stereocenters. The van der Waals surface area contributed by atoms with Gasteiger partial charge in [0.1, 0.15) is 5.82 Å². The Morgan fingerprint density at radius 2 is 1.54 bits per heavy atom. The molecule has 0 aliphatic carbocycles. The summed E-state index contributed by atoms with van der Waals surface area (Å²) in [5.74, 6) is 3.34. The second kappa shape index (κ2) is 6.22. The summed E-state index contributed by atoms with van der Waals surface area (Å²) >= 11 is 0. The van der Waals surface area contributed by atoms with Gasteiger partial charge in [-0.3, -0.25) is 0 Å². The van der Waals surface area contributed by atoms with Crippen LogP contribution in [0.1, 0.15) is 24.1 Å². The molecular formula is C20H17N5O. The Kier molecular flexibility index (Phi) is 3.59. The molecule has 0 amide bonds. The summed E-state index contributed by atoms with van der Waals surface area (Å²) in [6.07, 6.45) is 1.79. The van der Waals surface area contributed by atoms with E-state index in [0.29, 0.717) is 11.8 Å². The molecule has 1 aliphatic rings. The van der Waals surface area contributed by atoms with Crippen molar-refractivity contribution in [2.75, 3.05) is 0 Å². The first-order chi connectivity index (χ1) is 12.9. The predicted molar refractivity (Wildman–Crippen MR) is 96.3 cm³/mol. The first-order valence-electron chi connectivity index (χ1n) is 8.75. The molecule has 4 aromatic rings. The minimum Gasteiger partial charge on any atom is -0.420 e. The summed E-state index contributed by atoms with van der Waals surface area (Å²) < 4.78 is 8.15. The van der Waals surface area contributed by atoms with Gasteiger partial charge < -0.3 is 8.98 Å². The Labute approximate surface area is 150 Å². The molecule has 2 aromatic carbocycles. The van der Waals surface area contributed by atoms with Gasteiger partial charge in [-0.2, -0.15) is 0 Å². The second-order valence-electron chi connectivity index (χ2n) is 6.46. The lowest BCUT2D eigenvalue weighted by atomic mass is 9.99. The maximum atomic E-state index is 5.97. The van der Waals surface area contributed by atoms with E-state index in [1.807, 2.05) is 48.5 Å². The number of aromatic nitrogens is 5. The van der Waals surface area contributed by atoms with Crippen molar-refractivity contribution in [3.63, 3.8) is 0 Å². The Balaban J connectivity index is 1.45. The maximum absolute atomic E-state index is 5.97. The molecule has 2 aromatic heterocycles. The zero-order valence-electron chi connectivity index (χ0n) is 14.1. The van der Waals surface area contributed by atoms with Crippen molar-refractivity contribution in [1.29, 1.82) is 0 Å². The van der Waals surface area contributed by atoms with Gasteiger partial charge in [-0.15, -0.1) is 20.4 Å². The number of rotatable bonds is 3. The summed E-state index contributed by atoms with van der Waals surface area (Å²) in [5.41, 5.74) is 2.01. The summed E-state index contributed by atoms with van der Waals surface area (Å²) in [5, 5.41) is 17.3. The van der Waals surface area contributed by atoms with E-state index in [2.05, 4.69) is 37.1 Å². The van der Waals surface area contributed by atoms with Crippen molar-refractivity contribution in [2.45, 2.75) is 25.3 Å². The predicted octanol–water partition coefficient (Wildman–Crippen LogP) is 3.73. The first kappa shape index (κ1) is 15.0. The molecular weight excluding hydrogens is 326 g/mol. The molecule has 6 heteroatoms. The van der Waals surface area contributed by atoms with Gasteiger partial charge in [0, 0.05) is 24.1 Å². The van der Waals surface area contributed by atoms with E-state index in [1.165, 1.54) is 0 Å². The van der Waals surface area contributed by atoms with Gasteiger partial charge in [0.05, 0.1) is 5.92 Å². The number of aryl methyl sites for hydroxylation is 1. The van der Waals surface area contributed by atoms with E-state index < -0.39 is 0 Å². The van der Waals surface area contributed by atoms with Crippen LogP contribution in [0, 0.1) is 0 Å². The van der Waals surface area contributed by atoms with Crippen molar-refractivity contribution in [1.82, 2.24) is 25.0 Å². The second-order valence-corrected chi connectivity index (χ2v) is 6.46. The molecule has 0 spiro atoms. The van der Waals surface area contributed by atoms with Crippen LogP contribution < -0.4 is 0 Å². The zero-order valence-corrected chi connectivity index (χ0v) is 14.1. The smallest absolute Gasteiger partial charge is 0.247 e. The molecule has 5 rings (SSSR count). The highest BCUT2D eigenvalue weighted by atomic mass is 16.4. The van der Waals surface area contributed by atoms with E-state index in [0.717, 1.165) is 42.2 Å². The molecule has 0 fully saturated rings. The Bertz CT molecular complexity index is 1020. The van der Waals surface area contributed by atoms with Crippen LogP contribution in [-0.2, 0) is 13.0 Å². The Morgan fingerprint density at radius 3 is 2.31 bits per heavy atom. The monoisotopic (exact) mass is 343 g/mol. The third-order valence-electron chi connectivity index (χ3n) is 4.79. The first-order valence-corrected chi connectivity index (χ1v) is 8.75. The highest BCUT2D eigenvalue weighted by Crippen LogP contribution is 2.32. The van der Waals surface area contributed by atoms with Gasteiger partial charge in [-0.25, -0.2) is 0 Å². The third kappa shape index (κ3) is 2.60. The van der Waals surface area contributed by atoms with Gasteiger partial charge >= 0.3 is 0 Å². The van der Waals surface area contributed by atoms with Crippen molar-refractivity contribution in [3.8, 4) is 22.8 Å². The third-order valence-corrected chi connectivity index (χ3v) is 4.79. The number of hydrogen-bond acceptors (Lipinski definition) is 5. The summed E-state index contributed by atoms with van der Waals surface area (Å²) in [7, 11) is 0. The van der Waals surface area contributed by atoms with Crippen molar-refractivity contribution >= 4 is 0 Å². The van der Waals surface area contributed by atoms with Gasteiger partial charge in [-0.05, 0) is 18.6 Å². The topological polar surface area (TPSA) is 69.6 Å². The van der Waals surface area contributed by atoms with Crippen LogP contribution in [0.15, 0.2) is 65.1 Å². The molecule has 26 heavy (non-hydrogen) atoms. The minimum absolute atomic E-state index is 0.172. The van der Waals surface area contributed by atoms with Gasteiger partial charge in [0.25, 0.3) is 0 Å². The van der Waals surface area contributed by atoms with E-state index in [-0.39, 0.29) is 5.92 Å². The molecule has 0 radical (unpaired) electrons. The lowest BCUT2D eigenvalue weighted by molar-refractivity contribution is 0.374. The van der Waals surface area contributed by atoms with Crippen molar-refractivity contribution in [2.24, 2.45) is 0 Å². The number of fused-ring (bicyclic) bond motifs is 1. The highest BCUT2D eigenvalue weighted by Gasteiger charge is 2.28. The molecule has 1 atom stereocenters. The van der Waals surface area contributed by atoms with Crippen LogP contribution in [0.3, 0.4) is 0 Å². The maximum Gasteiger partial charge on any atom is 0.247 e. The number of hydrogen-bond donors (Lipinski definition) is 0. The van der Waals surface area contributed by atoms with Gasteiger partial charge in [0.2, 0.25) is 11.8 Å². The quantitative estimate of drug-likeness (QED) is 0.567. The number of nitrogens with zero attached hydrogens (tertiary/aromatic N) is 5. The van der Waals surface area contributed by atoms with E-state index in [1.54, 1.807) is 0 Å². The van der Waals surface area contributed by atoms with E-state index in [4.69, 9.17) is 4.42 Å². The van der Waals surface area contributed by atoms with E-state index in [9.17, 15) is 0 Å². The number of benzene rings is 2. The van der Waals surface area contributed by atoms with E-state index >= 15 is 0 Å². The average molecular weight is 343 g/mol. The molecule has 128 valence electrons. The summed E-state index contributed by atoms with van der Waals surface area (Å²) in [4.78, 5) is 0. The molecule has 0 bridgehead atoms. The van der Waals surface area contributed by atoms with Crippen LogP contribution in [0.2, 0.25) is 0 Å². The largest absolute Gasteiger partial charge is 0.420 e. The lowest BCUT2D eigenvalue weighted by Crippen LogP contribution is -2.20. The Morgan fingerprint density at radius 1 is 0.808 bits per heavy atom. The van der Waals surface area contributed by atoms with Crippen LogP contribution in [0.25, 0.3) is 22.8 Å².